The molecule has 1 heterocycles. The zero-order valence-corrected chi connectivity index (χ0v) is 19.2. The van der Waals surface area contributed by atoms with Crippen LogP contribution in [0.2, 0.25) is 0 Å². The van der Waals surface area contributed by atoms with Gasteiger partial charge in [0.05, 0.1) is 13.2 Å². The summed E-state index contributed by atoms with van der Waals surface area (Å²) in [5.74, 6) is 1.68. The van der Waals surface area contributed by atoms with Crippen molar-refractivity contribution in [3.63, 3.8) is 0 Å². The Kier molecular flexibility index (Phi) is 13.9. The third kappa shape index (κ3) is 11.1. The van der Waals surface area contributed by atoms with Gasteiger partial charge in [-0.15, -0.1) is 35.7 Å². The van der Waals surface area contributed by atoms with Gasteiger partial charge in [0, 0.05) is 37.6 Å². The largest absolute Gasteiger partial charge is 0.379 e. The van der Waals surface area contributed by atoms with E-state index in [4.69, 9.17) is 4.74 Å². The lowest BCUT2D eigenvalue weighted by Gasteiger charge is -2.26. The molecular weight excluding hydrogens is 478 g/mol. The lowest BCUT2D eigenvalue weighted by atomic mass is 10.3. The molecule has 2 rings (SSSR count). The first-order chi connectivity index (χ1) is 12.8. The van der Waals surface area contributed by atoms with Crippen molar-refractivity contribution in [3.8, 4) is 0 Å². The molecule has 0 bridgehead atoms. The van der Waals surface area contributed by atoms with E-state index in [-0.39, 0.29) is 29.8 Å². The van der Waals surface area contributed by atoms with E-state index in [1.165, 1.54) is 12.1 Å². The molecule has 1 saturated heterocycles. The predicted molar refractivity (Wildman–Crippen MR) is 123 cm³/mol. The fourth-order valence-corrected chi connectivity index (χ4v) is 3.49. The summed E-state index contributed by atoms with van der Waals surface area (Å²) in [4.78, 5) is 8.18. The SMILES string of the molecule is CCNC(=NCCCSc1ccc(F)cc1)NCCCN1CCOCC1.I. The lowest BCUT2D eigenvalue weighted by Crippen LogP contribution is -2.40. The normalized spacial score (nSPS) is 15.3. The van der Waals surface area contributed by atoms with Crippen LogP contribution in [0, 0.1) is 5.82 Å². The third-order valence-corrected chi connectivity index (χ3v) is 5.14. The van der Waals surface area contributed by atoms with Crippen molar-refractivity contribution in [3.05, 3.63) is 30.1 Å². The maximum absolute atomic E-state index is 12.9. The van der Waals surface area contributed by atoms with E-state index < -0.39 is 0 Å². The van der Waals surface area contributed by atoms with Gasteiger partial charge >= 0.3 is 0 Å². The minimum atomic E-state index is -0.186. The van der Waals surface area contributed by atoms with Crippen molar-refractivity contribution in [1.82, 2.24) is 15.5 Å². The molecule has 1 aliphatic heterocycles. The molecule has 0 saturated carbocycles. The van der Waals surface area contributed by atoms with Crippen LogP contribution in [0.1, 0.15) is 19.8 Å². The van der Waals surface area contributed by atoms with Crippen LogP contribution in [0.5, 0.6) is 0 Å². The highest BCUT2D eigenvalue weighted by atomic mass is 127. The molecule has 27 heavy (non-hydrogen) atoms. The van der Waals surface area contributed by atoms with Crippen molar-refractivity contribution in [1.29, 1.82) is 0 Å². The molecule has 1 aromatic rings. The van der Waals surface area contributed by atoms with Crippen LogP contribution in [0.4, 0.5) is 4.39 Å². The van der Waals surface area contributed by atoms with Gasteiger partial charge in [-0.3, -0.25) is 9.89 Å². The summed E-state index contributed by atoms with van der Waals surface area (Å²) in [6, 6.07) is 6.65. The average Bonchev–Trinajstić information content (AvgIpc) is 2.67. The minimum absolute atomic E-state index is 0. The van der Waals surface area contributed by atoms with Crippen molar-refractivity contribution < 1.29 is 9.13 Å². The highest BCUT2D eigenvalue weighted by Crippen LogP contribution is 2.18. The molecule has 0 spiro atoms. The number of nitrogens with one attached hydrogen (secondary N) is 2. The number of hydrogen-bond acceptors (Lipinski definition) is 4. The third-order valence-electron chi connectivity index (χ3n) is 4.05. The Labute approximate surface area is 183 Å². The van der Waals surface area contributed by atoms with E-state index in [2.05, 4.69) is 27.4 Å². The summed E-state index contributed by atoms with van der Waals surface area (Å²) in [6.07, 6.45) is 2.09. The first-order valence-electron chi connectivity index (χ1n) is 9.48. The monoisotopic (exact) mass is 510 g/mol. The summed E-state index contributed by atoms with van der Waals surface area (Å²) in [6.45, 7) is 9.54. The first-order valence-corrected chi connectivity index (χ1v) is 10.5. The fraction of sp³-hybridized carbons (Fsp3) is 0.632. The maximum atomic E-state index is 12.9. The van der Waals surface area contributed by atoms with Crippen LogP contribution in [-0.2, 0) is 4.74 Å². The number of ether oxygens (including phenoxy) is 1. The zero-order chi connectivity index (χ0) is 18.5. The number of morpholine rings is 1. The van der Waals surface area contributed by atoms with E-state index >= 15 is 0 Å². The van der Waals surface area contributed by atoms with Gasteiger partial charge in [0.25, 0.3) is 0 Å². The van der Waals surface area contributed by atoms with Gasteiger partial charge in [-0.1, -0.05) is 0 Å². The molecule has 0 unspecified atom stereocenters. The minimum Gasteiger partial charge on any atom is -0.379 e. The molecule has 0 radical (unpaired) electrons. The Hall–Kier alpha value is -0.580. The van der Waals surface area contributed by atoms with Crippen molar-refractivity contribution in [2.45, 2.75) is 24.7 Å². The summed E-state index contributed by atoms with van der Waals surface area (Å²) < 4.78 is 18.2. The van der Waals surface area contributed by atoms with E-state index in [1.807, 2.05) is 12.1 Å². The molecule has 1 aromatic carbocycles. The number of thioether (sulfide) groups is 1. The van der Waals surface area contributed by atoms with Crippen LogP contribution in [0.15, 0.2) is 34.2 Å². The van der Waals surface area contributed by atoms with Crippen molar-refractivity contribution in [2.75, 3.05) is 58.2 Å². The Morgan fingerprint density at radius 2 is 1.93 bits per heavy atom. The molecule has 0 atom stereocenters. The molecule has 0 amide bonds. The highest BCUT2D eigenvalue weighted by molar-refractivity contribution is 14.0. The molecular formula is C19H32FIN4OS. The van der Waals surface area contributed by atoms with Crippen LogP contribution in [-0.4, -0.2) is 69.1 Å². The van der Waals surface area contributed by atoms with Crippen LogP contribution in [0.25, 0.3) is 0 Å². The number of aliphatic imine (C=N–C) groups is 1. The number of hydrogen-bond donors (Lipinski definition) is 2. The van der Waals surface area contributed by atoms with Crippen molar-refractivity contribution >= 4 is 41.7 Å². The first kappa shape index (κ1) is 24.5. The molecule has 0 aliphatic carbocycles. The standard InChI is InChI=1S/C19H31FN4OS.HI/c1-2-21-19(22-9-3-11-24-12-14-25-15-13-24)23-10-4-16-26-18-7-5-17(20)6-8-18;/h5-8H,2-4,9-16H2,1H3,(H2,21,22,23);1H. The average molecular weight is 510 g/mol. The zero-order valence-electron chi connectivity index (χ0n) is 16.1. The number of halogens is 2. The van der Waals surface area contributed by atoms with Gasteiger partial charge in [0.15, 0.2) is 5.96 Å². The molecule has 8 heteroatoms. The quantitative estimate of drug-likeness (QED) is 0.167. The molecule has 154 valence electrons. The van der Waals surface area contributed by atoms with E-state index in [0.717, 1.165) is 81.9 Å². The second-order valence-corrected chi connectivity index (χ2v) is 7.32. The Morgan fingerprint density at radius 3 is 2.63 bits per heavy atom. The highest BCUT2D eigenvalue weighted by Gasteiger charge is 2.09. The van der Waals surface area contributed by atoms with Gasteiger partial charge < -0.3 is 15.4 Å². The van der Waals surface area contributed by atoms with Crippen LogP contribution < -0.4 is 10.6 Å². The van der Waals surface area contributed by atoms with E-state index in [1.54, 1.807) is 11.8 Å². The van der Waals surface area contributed by atoms with Gasteiger partial charge in [-0.2, -0.15) is 0 Å². The maximum Gasteiger partial charge on any atom is 0.191 e. The van der Waals surface area contributed by atoms with Crippen LogP contribution in [0.3, 0.4) is 0 Å². The Morgan fingerprint density at radius 1 is 1.19 bits per heavy atom. The number of rotatable bonds is 10. The molecule has 2 N–H and O–H groups in total. The van der Waals surface area contributed by atoms with Crippen LogP contribution >= 0.6 is 35.7 Å². The summed E-state index contributed by atoms with van der Waals surface area (Å²) in [7, 11) is 0. The Bertz CT molecular complexity index is 527. The second-order valence-electron chi connectivity index (χ2n) is 6.15. The van der Waals surface area contributed by atoms with Gasteiger partial charge in [0.1, 0.15) is 5.82 Å². The number of guanidine groups is 1. The molecule has 1 aliphatic rings. The van der Waals surface area contributed by atoms with Gasteiger partial charge in [0.2, 0.25) is 0 Å². The Balaban J connectivity index is 0.00000364. The molecule has 1 fully saturated rings. The lowest BCUT2D eigenvalue weighted by molar-refractivity contribution is 0.0376. The summed E-state index contributed by atoms with van der Waals surface area (Å²) >= 11 is 1.74. The molecule has 5 nitrogen and oxygen atoms in total. The van der Waals surface area contributed by atoms with Gasteiger partial charge in [-0.25, -0.2) is 4.39 Å². The number of nitrogens with zero attached hydrogens (tertiary/aromatic N) is 2. The summed E-state index contributed by atoms with van der Waals surface area (Å²) in [5.41, 5.74) is 0. The summed E-state index contributed by atoms with van der Waals surface area (Å²) in [5, 5.41) is 6.70. The van der Waals surface area contributed by atoms with Gasteiger partial charge in [-0.05, 0) is 56.3 Å². The smallest absolute Gasteiger partial charge is 0.191 e. The van der Waals surface area contributed by atoms with Crippen molar-refractivity contribution in [2.24, 2.45) is 4.99 Å². The number of benzene rings is 1. The molecule has 0 aromatic heterocycles. The second kappa shape index (κ2) is 15.4. The predicted octanol–water partition coefficient (Wildman–Crippen LogP) is 3.20. The topological polar surface area (TPSA) is 48.9 Å². The van der Waals surface area contributed by atoms with E-state index in [9.17, 15) is 4.39 Å². The van der Waals surface area contributed by atoms with E-state index in [0.29, 0.717) is 0 Å². The fourth-order valence-electron chi connectivity index (χ4n) is 2.65.